The lowest BCUT2D eigenvalue weighted by molar-refractivity contribution is -0.000451. The molecule has 0 bridgehead atoms. The molecule has 0 radical (unpaired) electrons. The van der Waals surface area contributed by atoms with E-state index in [1.54, 1.807) is 41.3 Å². The van der Waals surface area contributed by atoms with Gasteiger partial charge < -0.3 is 44.9 Å². The predicted octanol–water partition coefficient (Wildman–Crippen LogP) is 4.07. The summed E-state index contributed by atoms with van der Waals surface area (Å²) in [7, 11) is 1.88. The maximum absolute atomic E-state index is 14.1. The first-order valence-electron chi connectivity index (χ1n) is 14.3. The van der Waals surface area contributed by atoms with Crippen molar-refractivity contribution in [2.45, 2.75) is 58.3 Å². The molecule has 41 heavy (non-hydrogen) atoms. The number of fused-ring (bicyclic) bond motifs is 2. The lowest BCUT2D eigenvalue weighted by Crippen LogP contribution is -2.47. The number of nitrogens with one attached hydrogen (secondary N) is 3. The van der Waals surface area contributed by atoms with Crippen LogP contribution in [0.3, 0.4) is 0 Å². The summed E-state index contributed by atoms with van der Waals surface area (Å²) in [6.07, 6.45) is 2.42. The molecule has 0 saturated heterocycles. The fourth-order valence-electron chi connectivity index (χ4n) is 4.96. The van der Waals surface area contributed by atoms with Crippen LogP contribution in [0.1, 0.15) is 50.4 Å². The van der Waals surface area contributed by atoms with Gasteiger partial charge in [0.2, 0.25) is 6.79 Å². The smallest absolute Gasteiger partial charge is 0.323 e. The number of anilines is 2. The Morgan fingerprint density at radius 2 is 1.76 bits per heavy atom. The van der Waals surface area contributed by atoms with Gasteiger partial charge >= 0.3 is 6.03 Å². The van der Waals surface area contributed by atoms with Gasteiger partial charge in [0, 0.05) is 43.1 Å². The van der Waals surface area contributed by atoms with Gasteiger partial charge in [-0.05, 0) is 70.5 Å². The molecule has 2 aromatic rings. The van der Waals surface area contributed by atoms with Crippen LogP contribution in [0.25, 0.3) is 0 Å². The molecule has 2 aromatic carbocycles. The van der Waals surface area contributed by atoms with Gasteiger partial charge in [-0.25, -0.2) is 4.79 Å². The number of aliphatic hydroxyl groups is 1. The number of likely N-dealkylation sites (N-methyl/N-ethyl adjacent to an activating group) is 1. The number of amides is 3. The molecule has 0 aromatic heterocycles. The topological polar surface area (TPSA) is 131 Å². The van der Waals surface area contributed by atoms with Crippen LogP contribution in [0.15, 0.2) is 36.4 Å². The van der Waals surface area contributed by atoms with E-state index in [-0.39, 0.29) is 37.4 Å². The fraction of sp³-hybridized carbons (Fsp3) is 0.533. The zero-order valence-electron chi connectivity index (χ0n) is 24.3. The van der Waals surface area contributed by atoms with Gasteiger partial charge in [-0.2, -0.15) is 0 Å². The van der Waals surface area contributed by atoms with Crippen molar-refractivity contribution < 1.29 is 33.6 Å². The molecular weight excluding hydrogens is 528 g/mol. The minimum absolute atomic E-state index is 0.000388. The Hall–Kier alpha value is -3.54. The number of aliphatic hydroxyl groups excluding tert-OH is 1. The van der Waals surface area contributed by atoms with Crippen molar-refractivity contribution in [1.29, 1.82) is 0 Å². The molecule has 4 atom stereocenters. The van der Waals surface area contributed by atoms with Gasteiger partial charge in [0.1, 0.15) is 5.75 Å². The average Bonchev–Trinajstić information content (AvgIpc) is 3.42. The van der Waals surface area contributed by atoms with E-state index < -0.39 is 12.1 Å². The SMILES string of the molecule is CNC[C@H]1OCCCC[C@H](C)Oc2ccc(NC(=O)Nc3ccc4c(c3)OCO4)cc2C(=O)N([C@@H](C)CO)C[C@@H]1C. The first kappa shape index (κ1) is 30.4. The van der Waals surface area contributed by atoms with E-state index in [1.807, 2.05) is 20.9 Å². The monoisotopic (exact) mass is 570 g/mol. The minimum Gasteiger partial charge on any atom is -0.490 e. The van der Waals surface area contributed by atoms with E-state index in [0.29, 0.717) is 53.9 Å². The summed E-state index contributed by atoms with van der Waals surface area (Å²) >= 11 is 0. The maximum Gasteiger partial charge on any atom is 0.323 e. The molecule has 224 valence electrons. The van der Waals surface area contributed by atoms with Gasteiger partial charge in [0.25, 0.3) is 5.91 Å². The van der Waals surface area contributed by atoms with Crippen LogP contribution in [0.5, 0.6) is 17.2 Å². The number of benzene rings is 2. The van der Waals surface area contributed by atoms with Crippen molar-refractivity contribution in [2.24, 2.45) is 5.92 Å². The van der Waals surface area contributed by atoms with Crippen LogP contribution in [0.2, 0.25) is 0 Å². The third-order valence-corrected chi connectivity index (χ3v) is 7.35. The lowest BCUT2D eigenvalue weighted by Gasteiger charge is -2.34. The Bertz CT molecular complexity index is 1190. The van der Waals surface area contributed by atoms with Crippen LogP contribution in [-0.2, 0) is 4.74 Å². The largest absolute Gasteiger partial charge is 0.490 e. The molecule has 4 rings (SSSR count). The van der Waals surface area contributed by atoms with Crippen molar-refractivity contribution in [3.05, 3.63) is 42.0 Å². The zero-order valence-corrected chi connectivity index (χ0v) is 24.3. The third-order valence-electron chi connectivity index (χ3n) is 7.35. The summed E-state index contributed by atoms with van der Waals surface area (Å²) in [4.78, 5) is 28.6. The Morgan fingerprint density at radius 1 is 1.05 bits per heavy atom. The number of nitrogens with zero attached hydrogens (tertiary/aromatic N) is 1. The minimum atomic E-state index is -0.479. The normalized spacial score (nSPS) is 22.2. The van der Waals surface area contributed by atoms with Gasteiger partial charge in [-0.15, -0.1) is 0 Å². The quantitative estimate of drug-likeness (QED) is 0.409. The highest BCUT2D eigenvalue weighted by Crippen LogP contribution is 2.34. The molecule has 0 spiro atoms. The average molecular weight is 571 g/mol. The van der Waals surface area contributed by atoms with E-state index in [2.05, 4.69) is 22.9 Å². The van der Waals surface area contributed by atoms with Crippen molar-refractivity contribution in [3.63, 3.8) is 0 Å². The number of hydrogen-bond acceptors (Lipinski definition) is 8. The number of carbonyl (C=O) groups is 2. The molecule has 3 amide bonds. The second-order valence-corrected chi connectivity index (χ2v) is 10.7. The summed E-state index contributed by atoms with van der Waals surface area (Å²) < 4.78 is 23.2. The highest BCUT2D eigenvalue weighted by Gasteiger charge is 2.30. The summed E-state index contributed by atoms with van der Waals surface area (Å²) in [5, 5.41) is 18.8. The molecule has 0 saturated carbocycles. The molecule has 11 heteroatoms. The van der Waals surface area contributed by atoms with Gasteiger partial charge in [-0.3, -0.25) is 4.79 Å². The van der Waals surface area contributed by atoms with Crippen LogP contribution in [0.4, 0.5) is 16.2 Å². The summed E-state index contributed by atoms with van der Waals surface area (Å²) in [5.41, 5.74) is 1.27. The predicted molar refractivity (Wildman–Crippen MR) is 156 cm³/mol. The molecular formula is C30H42N4O7. The molecule has 0 aliphatic carbocycles. The van der Waals surface area contributed by atoms with Crippen molar-refractivity contribution in [3.8, 4) is 17.2 Å². The van der Waals surface area contributed by atoms with Gasteiger partial charge in [0.05, 0.1) is 30.4 Å². The Morgan fingerprint density at radius 3 is 2.49 bits per heavy atom. The van der Waals surface area contributed by atoms with E-state index in [4.69, 9.17) is 18.9 Å². The second-order valence-electron chi connectivity index (χ2n) is 10.7. The van der Waals surface area contributed by atoms with Crippen molar-refractivity contribution in [1.82, 2.24) is 10.2 Å². The molecule has 0 fully saturated rings. The molecule has 4 N–H and O–H groups in total. The van der Waals surface area contributed by atoms with Crippen LogP contribution < -0.4 is 30.2 Å². The van der Waals surface area contributed by atoms with Gasteiger partial charge in [0.15, 0.2) is 11.5 Å². The summed E-state index contributed by atoms with van der Waals surface area (Å²) in [6.45, 7) is 7.45. The van der Waals surface area contributed by atoms with Crippen molar-refractivity contribution >= 4 is 23.3 Å². The van der Waals surface area contributed by atoms with Gasteiger partial charge in [-0.1, -0.05) is 6.92 Å². The van der Waals surface area contributed by atoms with E-state index in [1.165, 1.54) is 0 Å². The number of hydrogen-bond donors (Lipinski definition) is 4. The van der Waals surface area contributed by atoms with E-state index in [9.17, 15) is 14.7 Å². The van der Waals surface area contributed by atoms with E-state index >= 15 is 0 Å². The molecule has 11 nitrogen and oxygen atoms in total. The highest BCUT2D eigenvalue weighted by atomic mass is 16.7. The molecule has 2 heterocycles. The number of urea groups is 1. The number of carbonyl (C=O) groups excluding carboxylic acids is 2. The highest BCUT2D eigenvalue weighted by molar-refractivity contribution is 6.02. The molecule has 2 aliphatic rings. The second kappa shape index (κ2) is 14.4. The Labute approximate surface area is 241 Å². The maximum atomic E-state index is 14.1. The summed E-state index contributed by atoms with van der Waals surface area (Å²) in [6, 6.07) is 9.26. The third kappa shape index (κ3) is 8.02. The van der Waals surface area contributed by atoms with E-state index in [0.717, 1.165) is 19.3 Å². The standard InChI is InChI=1S/C30H42N4O7/c1-19-16-34(20(2)17-35)29(36)24-13-22(32-30(37)33-23-9-11-26-27(14-23)40-18-39-26)8-10-25(24)41-21(3)7-5-6-12-38-28(19)15-31-4/h8-11,13-14,19-21,28,31,35H,5-7,12,15-18H2,1-4H3,(H2,32,33,37)/t19-,20-,21-,28+/m0/s1. The Kier molecular flexibility index (Phi) is 10.7. The number of ether oxygens (including phenoxy) is 4. The number of rotatable bonds is 6. The first-order valence-corrected chi connectivity index (χ1v) is 14.3. The van der Waals surface area contributed by atoms with Crippen molar-refractivity contribution in [2.75, 3.05) is 50.8 Å². The van der Waals surface area contributed by atoms with Crippen LogP contribution in [0, 0.1) is 5.92 Å². The zero-order chi connectivity index (χ0) is 29.4. The summed E-state index contributed by atoms with van der Waals surface area (Å²) in [5.74, 6) is 1.32. The Balaban J connectivity index is 1.60. The molecule has 0 unspecified atom stereocenters. The van der Waals surface area contributed by atoms with Crippen LogP contribution >= 0.6 is 0 Å². The molecule has 2 aliphatic heterocycles. The first-order chi connectivity index (χ1) is 19.8. The fourth-order valence-corrected chi connectivity index (χ4v) is 4.96. The lowest BCUT2D eigenvalue weighted by atomic mass is 10.0. The van der Waals surface area contributed by atoms with Crippen LogP contribution in [-0.4, -0.2) is 80.3 Å².